The predicted octanol–water partition coefficient (Wildman–Crippen LogP) is 4.68. The summed E-state index contributed by atoms with van der Waals surface area (Å²) in [6.07, 6.45) is -4.34. The van der Waals surface area contributed by atoms with Crippen LogP contribution in [0.5, 0.6) is 0 Å². The lowest BCUT2D eigenvalue weighted by molar-refractivity contribution is -0.137. The molecule has 0 atom stereocenters. The van der Waals surface area contributed by atoms with Crippen molar-refractivity contribution in [2.75, 3.05) is 12.3 Å². The monoisotopic (exact) mass is 504 g/mol. The van der Waals surface area contributed by atoms with Crippen LogP contribution < -0.4 is 11.3 Å². The number of fused-ring (bicyclic) bond motifs is 1. The molecule has 0 spiro atoms. The van der Waals surface area contributed by atoms with Crippen LogP contribution in [-0.2, 0) is 19.1 Å². The Labute approximate surface area is 210 Å². The molecule has 0 radical (unpaired) electrons. The van der Waals surface area contributed by atoms with E-state index in [0.717, 1.165) is 23.3 Å². The second-order valence-corrected chi connectivity index (χ2v) is 8.85. The van der Waals surface area contributed by atoms with E-state index in [4.69, 9.17) is 5.73 Å². The number of nitrogens with zero attached hydrogens (tertiary/aromatic N) is 3. The molecule has 5 rings (SSSR count). The number of nitrogens with two attached hydrogens (primary N) is 1. The molecule has 0 saturated carbocycles. The second kappa shape index (κ2) is 9.57. The number of carbonyl (C=O) groups excluding carboxylic acids is 1. The van der Waals surface area contributed by atoms with Crippen molar-refractivity contribution in [3.63, 3.8) is 0 Å². The first-order chi connectivity index (χ1) is 17.7. The fourth-order valence-corrected chi connectivity index (χ4v) is 4.72. The molecule has 1 aliphatic rings. The van der Waals surface area contributed by atoms with Crippen molar-refractivity contribution < 1.29 is 18.0 Å². The van der Waals surface area contributed by atoms with Crippen LogP contribution in [0.2, 0.25) is 0 Å². The average molecular weight is 505 g/mol. The van der Waals surface area contributed by atoms with Gasteiger partial charge in [-0.05, 0) is 35.7 Å². The van der Waals surface area contributed by atoms with E-state index in [9.17, 15) is 22.8 Å². The number of halogens is 3. The number of aromatic nitrogens is 2. The minimum atomic E-state index is -4.56. The molecule has 1 amide bonds. The van der Waals surface area contributed by atoms with E-state index in [1.54, 1.807) is 0 Å². The fourth-order valence-electron chi connectivity index (χ4n) is 4.72. The van der Waals surface area contributed by atoms with Crippen LogP contribution in [-0.4, -0.2) is 26.9 Å². The van der Waals surface area contributed by atoms with Gasteiger partial charge in [0.05, 0.1) is 23.8 Å². The summed E-state index contributed by atoms with van der Waals surface area (Å²) in [4.78, 5) is 32.6. The topological polar surface area (TPSA) is 81.2 Å². The summed E-state index contributed by atoms with van der Waals surface area (Å²) in [6.45, 7) is 0.149. The third-order valence-electron chi connectivity index (χ3n) is 6.51. The van der Waals surface area contributed by atoms with Crippen LogP contribution in [0.3, 0.4) is 0 Å². The summed E-state index contributed by atoms with van der Waals surface area (Å²) in [7, 11) is 0. The van der Waals surface area contributed by atoms with Gasteiger partial charge < -0.3 is 10.6 Å². The highest BCUT2D eigenvalue weighted by Gasteiger charge is 2.33. The first-order valence-corrected chi connectivity index (χ1v) is 11.7. The van der Waals surface area contributed by atoms with E-state index >= 15 is 0 Å². The maximum atomic E-state index is 13.7. The third kappa shape index (κ3) is 4.72. The SMILES string of the molecule is Nc1nc2c(c(=O)n1C(c1ccccc1)c1ccccc1)CCN(C(=O)c1cccc(C(F)(F)F)c1)C2. The Kier molecular flexibility index (Phi) is 6.29. The predicted molar refractivity (Wildman–Crippen MR) is 133 cm³/mol. The summed E-state index contributed by atoms with van der Waals surface area (Å²) < 4.78 is 40.8. The van der Waals surface area contributed by atoms with Gasteiger partial charge in [0.15, 0.2) is 0 Å². The highest BCUT2D eigenvalue weighted by Crippen LogP contribution is 2.31. The number of nitrogen functional groups attached to an aromatic ring is 1. The van der Waals surface area contributed by atoms with Crippen LogP contribution in [0.4, 0.5) is 19.1 Å². The molecule has 2 heterocycles. The summed E-state index contributed by atoms with van der Waals surface area (Å²) in [5.41, 5.74) is 7.60. The summed E-state index contributed by atoms with van der Waals surface area (Å²) in [6, 6.07) is 22.8. The largest absolute Gasteiger partial charge is 0.416 e. The number of carbonyl (C=O) groups is 1. The third-order valence-corrected chi connectivity index (χ3v) is 6.51. The molecule has 0 unspecified atom stereocenters. The molecular formula is C28H23F3N4O2. The molecule has 1 aromatic heterocycles. The number of anilines is 1. The van der Waals surface area contributed by atoms with Crippen molar-refractivity contribution in [3.05, 3.63) is 129 Å². The minimum absolute atomic E-state index is 0.00479. The standard InChI is InChI=1S/C28H23F3N4O2/c29-28(30,31)21-13-7-12-20(16-21)25(36)34-15-14-22-23(17-34)33-27(32)35(26(22)37)24(18-8-3-1-4-9-18)19-10-5-2-6-11-19/h1-13,16,24H,14-15,17H2,(H2,32,33). The Morgan fingerprint density at radius 3 is 2.14 bits per heavy atom. The van der Waals surface area contributed by atoms with Crippen LogP contribution in [0.25, 0.3) is 0 Å². The van der Waals surface area contributed by atoms with Crippen LogP contribution in [0.1, 0.15) is 44.3 Å². The van der Waals surface area contributed by atoms with Gasteiger partial charge in [-0.3, -0.25) is 14.2 Å². The van der Waals surface area contributed by atoms with Crippen LogP contribution >= 0.6 is 0 Å². The van der Waals surface area contributed by atoms with Crippen LogP contribution in [0, 0.1) is 0 Å². The molecule has 9 heteroatoms. The number of hydrogen-bond donors (Lipinski definition) is 1. The number of alkyl halides is 3. The van der Waals surface area contributed by atoms with Gasteiger partial charge in [-0.25, -0.2) is 4.98 Å². The van der Waals surface area contributed by atoms with Gasteiger partial charge in [-0.1, -0.05) is 66.7 Å². The van der Waals surface area contributed by atoms with Crippen molar-refractivity contribution in [1.29, 1.82) is 0 Å². The Bertz CT molecular complexity index is 1460. The highest BCUT2D eigenvalue weighted by atomic mass is 19.4. The van der Waals surface area contributed by atoms with Gasteiger partial charge in [0.25, 0.3) is 11.5 Å². The van der Waals surface area contributed by atoms with E-state index in [1.807, 2.05) is 60.7 Å². The molecule has 188 valence electrons. The lowest BCUT2D eigenvalue weighted by atomic mass is 9.97. The molecule has 6 nitrogen and oxygen atoms in total. The zero-order valence-corrected chi connectivity index (χ0v) is 19.7. The Balaban J connectivity index is 1.51. The van der Waals surface area contributed by atoms with Gasteiger partial charge >= 0.3 is 6.18 Å². The zero-order chi connectivity index (χ0) is 26.2. The molecule has 0 fully saturated rings. The molecule has 4 aromatic rings. The number of amides is 1. The van der Waals surface area contributed by atoms with Gasteiger partial charge in [0.2, 0.25) is 5.95 Å². The van der Waals surface area contributed by atoms with Gasteiger partial charge in [0.1, 0.15) is 0 Å². The summed E-state index contributed by atoms with van der Waals surface area (Å²) in [5.74, 6) is -0.567. The quantitative estimate of drug-likeness (QED) is 0.438. The fraction of sp³-hybridized carbons (Fsp3) is 0.179. The molecule has 3 aromatic carbocycles. The van der Waals surface area contributed by atoms with Crippen LogP contribution in [0.15, 0.2) is 89.7 Å². The van der Waals surface area contributed by atoms with Crippen molar-refractivity contribution in [2.24, 2.45) is 0 Å². The number of rotatable bonds is 4. The first-order valence-electron chi connectivity index (χ1n) is 11.7. The maximum Gasteiger partial charge on any atom is 0.416 e. The Morgan fingerprint density at radius 2 is 1.54 bits per heavy atom. The molecule has 1 aliphatic heterocycles. The average Bonchev–Trinajstić information content (AvgIpc) is 2.91. The van der Waals surface area contributed by atoms with Gasteiger partial charge in [-0.2, -0.15) is 13.2 Å². The van der Waals surface area contributed by atoms with E-state index in [0.29, 0.717) is 11.3 Å². The molecule has 37 heavy (non-hydrogen) atoms. The molecule has 2 N–H and O–H groups in total. The van der Waals surface area contributed by atoms with Crippen molar-refractivity contribution >= 4 is 11.9 Å². The Hall–Kier alpha value is -4.40. The lowest BCUT2D eigenvalue weighted by Crippen LogP contribution is -2.42. The summed E-state index contributed by atoms with van der Waals surface area (Å²) >= 11 is 0. The normalized spacial score (nSPS) is 13.5. The van der Waals surface area contributed by atoms with Gasteiger partial charge in [0, 0.05) is 17.7 Å². The molecular weight excluding hydrogens is 481 g/mol. The second-order valence-electron chi connectivity index (χ2n) is 8.85. The van der Waals surface area contributed by atoms with Crippen molar-refractivity contribution in [2.45, 2.75) is 25.2 Å². The van der Waals surface area contributed by atoms with Gasteiger partial charge in [-0.15, -0.1) is 0 Å². The van der Waals surface area contributed by atoms with E-state index in [1.165, 1.54) is 21.6 Å². The van der Waals surface area contributed by atoms with E-state index < -0.39 is 23.7 Å². The number of hydrogen-bond acceptors (Lipinski definition) is 4. The molecule has 0 saturated heterocycles. The Morgan fingerprint density at radius 1 is 0.919 bits per heavy atom. The molecule has 0 bridgehead atoms. The van der Waals surface area contributed by atoms with Crippen molar-refractivity contribution in [3.8, 4) is 0 Å². The number of benzene rings is 3. The lowest BCUT2D eigenvalue weighted by Gasteiger charge is -2.30. The van der Waals surface area contributed by atoms with E-state index in [-0.39, 0.29) is 36.6 Å². The minimum Gasteiger partial charge on any atom is -0.369 e. The molecule has 0 aliphatic carbocycles. The van der Waals surface area contributed by atoms with E-state index in [2.05, 4.69) is 4.98 Å². The smallest absolute Gasteiger partial charge is 0.369 e. The maximum absolute atomic E-state index is 13.7. The zero-order valence-electron chi connectivity index (χ0n) is 19.7. The summed E-state index contributed by atoms with van der Waals surface area (Å²) in [5, 5.41) is 0. The highest BCUT2D eigenvalue weighted by molar-refractivity contribution is 5.94. The van der Waals surface area contributed by atoms with Crippen molar-refractivity contribution in [1.82, 2.24) is 14.5 Å². The first kappa shape index (κ1) is 24.3.